The van der Waals surface area contributed by atoms with Crippen molar-refractivity contribution in [1.29, 1.82) is 0 Å². The van der Waals surface area contributed by atoms with E-state index >= 15 is 0 Å². The maximum atomic E-state index is 12.8. The largest absolute Gasteiger partial charge is 0.492 e. The molecule has 108 valence electrons. The quantitative estimate of drug-likeness (QED) is 0.788. The van der Waals surface area contributed by atoms with Gasteiger partial charge in [-0.25, -0.2) is 0 Å². The SMILES string of the molecule is O=C(C1COc2ccccc21)N1CCCC1CCCBr. The molecule has 3 nitrogen and oxygen atoms in total. The van der Waals surface area contributed by atoms with Crippen LogP contribution in [0.1, 0.15) is 37.2 Å². The maximum Gasteiger partial charge on any atom is 0.233 e. The number of carbonyl (C=O) groups excluding carboxylic acids is 1. The Labute approximate surface area is 128 Å². The molecule has 2 aliphatic rings. The Morgan fingerprint density at radius 3 is 3.10 bits per heavy atom. The number of benzene rings is 1. The van der Waals surface area contributed by atoms with Gasteiger partial charge in [0.1, 0.15) is 18.3 Å². The van der Waals surface area contributed by atoms with Crippen molar-refractivity contribution in [2.75, 3.05) is 18.5 Å². The van der Waals surface area contributed by atoms with Crippen molar-refractivity contribution in [2.45, 2.75) is 37.6 Å². The van der Waals surface area contributed by atoms with E-state index in [4.69, 9.17) is 4.74 Å². The molecule has 2 heterocycles. The minimum absolute atomic E-state index is 0.101. The highest BCUT2D eigenvalue weighted by Crippen LogP contribution is 2.36. The molecule has 2 unspecified atom stereocenters. The van der Waals surface area contributed by atoms with Gasteiger partial charge >= 0.3 is 0 Å². The van der Waals surface area contributed by atoms with Crippen LogP contribution in [-0.2, 0) is 4.79 Å². The summed E-state index contributed by atoms with van der Waals surface area (Å²) in [6.45, 7) is 1.41. The van der Waals surface area contributed by atoms with Gasteiger partial charge < -0.3 is 9.64 Å². The van der Waals surface area contributed by atoms with E-state index in [1.54, 1.807) is 0 Å². The summed E-state index contributed by atoms with van der Waals surface area (Å²) in [6, 6.07) is 8.34. The van der Waals surface area contributed by atoms with Crippen LogP contribution in [-0.4, -0.2) is 35.3 Å². The molecule has 1 aromatic carbocycles. The number of rotatable bonds is 4. The number of alkyl halides is 1. The molecule has 2 aliphatic heterocycles. The molecule has 0 saturated carbocycles. The average molecular weight is 338 g/mol. The first-order chi connectivity index (χ1) is 9.81. The van der Waals surface area contributed by atoms with Crippen LogP contribution in [0.2, 0.25) is 0 Å². The lowest BCUT2D eigenvalue weighted by Gasteiger charge is -2.27. The Morgan fingerprint density at radius 1 is 1.40 bits per heavy atom. The van der Waals surface area contributed by atoms with Crippen LogP contribution in [0.4, 0.5) is 0 Å². The number of likely N-dealkylation sites (tertiary alicyclic amines) is 1. The summed E-state index contributed by atoms with van der Waals surface area (Å²) in [5, 5.41) is 1.01. The van der Waals surface area contributed by atoms with E-state index in [1.807, 2.05) is 24.3 Å². The third-order valence-electron chi connectivity index (χ3n) is 4.33. The lowest BCUT2D eigenvalue weighted by atomic mass is 9.99. The van der Waals surface area contributed by atoms with E-state index < -0.39 is 0 Å². The fraction of sp³-hybridized carbons (Fsp3) is 0.562. The summed E-state index contributed by atoms with van der Waals surface area (Å²) in [5.41, 5.74) is 1.06. The number of hydrogen-bond donors (Lipinski definition) is 0. The Hall–Kier alpha value is -1.03. The molecule has 0 aromatic heterocycles. The van der Waals surface area contributed by atoms with E-state index in [0.717, 1.165) is 48.9 Å². The van der Waals surface area contributed by atoms with Crippen LogP contribution < -0.4 is 4.74 Å². The van der Waals surface area contributed by atoms with E-state index in [0.29, 0.717) is 12.6 Å². The van der Waals surface area contributed by atoms with Crippen molar-refractivity contribution in [2.24, 2.45) is 0 Å². The Balaban J connectivity index is 1.73. The molecule has 1 aromatic rings. The summed E-state index contributed by atoms with van der Waals surface area (Å²) in [5.74, 6) is 1.03. The van der Waals surface area contributed by atoms with Gasteiger partial charge in [-0.2, -0.15) is 0 Å². The molecule has 3 rings (SSSR count). The van der Waals surface area contributed by atoms with Crippen molar-refractivity contribution in [3.63, 3.8) is 0 Å². The van der Waals surface area contributed by atoms with Crippen LogP contribution in [0.5, 0.6) is 5.75 Å². The fourth-order valence-electron chi connectivity index (χ4n) is 3.31. The summed E-state index contributed by atoms with van der Waals surface area (Å²) in [6.07, 6.45) is 4.51. The normalized spacial score (nSPS) is 24.6. The first-order valence-electron chi connectivity index (χ1n) is 7.39. The van der Waals surface area contributed by atoms with Gasteiger partial charge in [0.2, 0.25) is 5.91 Å². The van der Waals surface area contributed by atoms with Crippen LogP contribution in [0.3, 0.4) is 0 Å². The first kappa shape index (κ1) is 13.9. The summed E-state index contributed by atoms with van der Waals surface area (Å²) in [7, 11) is 0. The molecule has 1 fully saturated rings. The van der Waals surface area contributed by atoms with Crippen LogP contribution in [0, 0.1) is 0 Å². The standard InChI is InChI=1S/C16H20BrNO2/c17-9-3-5-12-6-4-10-18(12)16(19)14-11-20-15-8-2-1-7-13(14)15/h1-2,7-8,12,14H,3-6,9-11H2. The van der Waals surface area contributed by atoms with Crippen LogP contribution in [0.15, 0.2) is 24.3 Å². The van der Waals surface area contributed by atoms with Gasteiger partial charge in [0.25, 0.3) is 0 Å². The highest BCUT2D eigenvalue weighted by Gasteiger charge is 2.37. The minimum atomic E-state index is -0.101. The lowest BCUT2D eigenvalue weighted by Crippen LogP contribution is -2.39. The summed E-state index contributed by atoms with van der Waals surface area (Å²) in [4.78, 5) is 14.9. The molecule has 4 heteroatoms. The molecule has 0 radical (unpaired) electrons. The Kier molecular flexibility index (Phi) is 4.29. The van der Waals surface area contributed by atoms with Gasteiger partial charge in [0.05, 0.1) is 0 Å². The molecular formula is C16H20BrNO2. The van der Waals surface area contributed by atoms with Crippen molar-refractivity contribution in [3.05, 3.63) is 29.8 Å². The highest BCUT2D eigenvalue weighted by molar-refractivity contribution is 9.09. The Bertz CT molecular complexity index is 491. The first-order valence-corrected chi connectivity index (χ1v) is 8.51. The zero-order chi connectivity index (χ0) is 13.9. The van der Waals surface area contributed by atoms with Gasteiger partial charge in [0, 0.05) is 23.5 Å². The van der Waals surface area contributed by atoms with Gasteiger partial charge in [-0.15, -0.1) is 0 Å². The minimum Gasteiger partial charge on any atom is -0.492 e. The molecule has 2 atom stereocenters. The Morgan fingerprint density at radius 2 is 2.25 bits per heavy atom. The highest BCUT2D eigenvalue weighted by atomic mass is 79.9. The smallest absolute Gasteiger partial charge is 0.233 e. The predicted molar refractivity (Wildman–Crippen MR) is 82.4 cm³/mol. The van der Waals surface area contributed by atoms with E-state index in [-0.39, 0.29) is 11.8 Å². The fourth-order valence-corrected chi connectivity index (χ4v) is 3.63. The molecular weight excluding hydrogens is 318 g/mol. The van der Waals surface area contributed by atoms with Crippen molar-refractivity contribution in [3.8, 4) is 5.75 Å². The second-order valence-corrected chi connectivity index (χ2v) is 6.35. The second-order valence-electron chi connectivity index (χ2n) is 5.56. The van der Waals surface area contributed by atoms with Gasteiger partial charge in [-0.3, -0.25) is 4.79 Å². The van der Waals surface area contributed by atoms with E-state index in [2.05, 4.69) is 20.8 Å². The number of amides is 1. The maximum absolute atomic E-state index is 12.8. The van der Waals surface area contributed by atoms with Crippen LogP contribution in [0.25, 0.3) is 0 Å². The topological polar surface area (TPSA) is 29.5 Å². The molecule has 1 saturated heterocycles. The van der Waals surface area contributed by atoms with E-state index in [1.165, 1.54) is 0 Å². The zero-order valence-electron chi connectivity index (χ0n) is 11.6. The van der Waals surface area contributed by atoms with Gasteiger partial charge in [0.15, 0.2) is 0 Å². The number of halogens is 1. The van der Waals surface area contributed by atoms with Crippen molar-refractivity contribution in [1.82, 2.24) is 4.90 Å². The zero-order valence-corrected chi connectivity index (χ0v) is 13.1. The number of hydrogen-bond acceptors (Lipinski definition) is 2. The molecule has 0 bridgehead atoms. The monoisotopic (exact) mass is 337 g/mol. The molecule has 0 aliphatic carbocycles. The number of carbonyl (C=O) groups is 1. The number of fused-ring (bicyclic) bond motifs is 1. The molecule has 20 heavy (non-hydrogen) atoms. The number of ether oxygens (including phenoxy) is 1. The summed E-state index contributed by atoms with van der Waals surface area (Å²) >= 11 is 3.48. The van der Waals surface area contributed by atoms with Crippen molar-refractivity contribution >= 4 is 21.8 Å². The van der Waals surface area contributed by atoms with E-state index in [9.17, 15) is 4.79 Å². The number of para-hydroxylation sites is 1. The third-order valence-corrected chi connectivity index (χ3v) is 4.89. The lowest BCUT2D eigenvalue weighted by molar-refractivity contribution is -0.134. The van der Waals surface area contributed by atoms with Crippen molar-refractivity contribution < 1.29 is 9.53 Å². The average Bonchev–Trinajstić information content (AvgIpc) is 3.11. The molecule has 1 amide bonds. The predicted octanol–water partition coefficient (Wildman–Crippen LogP) is 3.33. The second kappa shape index (κ2) is 6.17. The van der Waals surface area contributed by atoms with Crippen LogP contribution >= 0.6 is 15.9 Å². The van der Waals surface area contributed by atoms with Gasteiger partial charge in [-0.1, -0.05) is 34.1 Å². The summed E-state index contributed by atoms with van der Waals surface area (Å²) < 4.78 is 5.65. The van der Waals surface area contributed by atoms with Gasteiger partial charge in [-0.05, 0) is 31.7 Å². The number of nitrogens with zero attached hydrogens (tertiary/aromatic N) is 1. The third kappa shape index (κ3) is 2.58. The molecule has 0 spiro atoms. The molecule has 0 N–H and O–H groups in total.